The summed E-state index contributed by atoms with van der Waals surface area (Å²) in [5.74, 6) is 0. The maximum Gasteiger partial charge on any atom is 0.243 e. The molecule has 2 N–H and O–H groups in total. The summed E-state index contributed by atoms with van der Waals surface area (Å²) in [6, 6.07) is 7.09. The average molecular weight is 308 g/mol. The molecule has 2 aliphatic rings. The largest absolute Gasteiger partial charge is 0.326 e. The minimum absolute atomic E-state index is 0.257. The lowest BCUT2D eigenvalue weighted by molar-refractivity contribution is 0.160. The molecule has 1 saturated heterocycles. The van der Waals surface area contributed by atoms with E-state index < -0.39 is 10.0 Å². The molecule has 0 amide bonds. The Hall–Kier alpha value is -0.910. The van der Waals surface area contributed by atoms with Gasteiger partial charge < -0.3 is 5.73 Å². The van der Waals surface area contributed by atoms with Gasteiger partial charge in [-0.05, 0) is 42.7 Å². The van der Waals surface area contributed by atoms with Gasteiger partial charge in [0, 0.05) is 19.6 Å². The summed E-state index contributed by atoms with van der Waals surface area (Å²) in [5, 5.41) is 0. The van der Waals surface area contributed by atoms with Gasteiger partial charge in [0.25, 0.3) is 0 Å². The zero-order valence-corrected chi connectivity index (χ0v) is 13.2. The predicted molar refractivity (Wildman–Crippen MR) is 83.2 cm³/mol. The van der Waals surface area contributed by atoms with E-state index in [1.807, 2.05) is 6.07 Å². The van der Waals surface area contributed by atoms with Crippen molar-refractivity contribution < 1.29 is 8.42 Å². The molecule has 1 aliphatic carbocycles. The molecule has 0 unspecified atom stereocenters. The Balaban J connectivity index is 1.80. The van der Waals surface area contributed by atoms with E-state index in [0.29, 0.717) is 29.0 Å². The number of piperidine rings is 1. The van der Waals surface area contributed by atoms with Crippen molar-refractivity contribution in [1.29, 1.82) is 0 Å². The summed E-state index contributed by atoms with van der Waals surface area (Å²) in [5.41, 5.74) is 6.83. The van der Waals surface area contributed by atoms with Crippen LogP contribution >= 0.6 is 0 Å². The molecule has 0 atom stereocenters. The van der Waals surface area contributed by atoms with Crippen LogP contribution in [0.25, 0.3) is 0 Å². The van der Waals surface area contributed by atoms with Crippen molar-refractivity contribution in [2.75, 3.05) is 13.1 Å². The van der Waals surface area contributed by atoms with Crippen LogP contribution < -0.4 is 5.73 Å². The molecule has 3 rings (SSSR count). The molecule has 2 fully saturated rings. The highest BCUT2D eigenvalue weighted by Crippen LogP contribution is 2.46. The van der Waals surface area contributed by atoms with E-state index in [2.05, 4.69) is 0 Å². The van der Waals surface area contributed by atoms with E-state index in [9.17, 15) is 8.42 Å². The molecule has 1 aromatic rings. The number of benzene rings is 1. The van der Waals surface area contributed by atoms with Crippen LogP contribution in [-0.4, -0.2) is 25.8 Å². The van der Waals surface area contributed by atoms with E-state index in [0.717, 1.165) is 12.8 Å². The molecule has 1 aromatic carbocycles. The van der Waals surface area contributed by atoms with Crippen LogP contribution in [0.4, 0.5) is 0 Å². The molecule has 5 heteroatoms. The zero-order chi connectivity index (χ0) is 14.9. The number of nitrogens with two attached hydrogens (primary N) is 1. The van der Waals surface area contributed by atoms with Gasteiger partial charge in [0.2, 0.25) is 10.0 Å². The van der Waals surface area contributed by atoms with Gasteiger partial charge in [0.1, 0.15) is 0 Å². The normalized spacial score (nSPS) is 22.7. The summed E-state index contributed by atoms with van der Waals surface area (Å²) in [6.07, 6.45) is 7.19. The fraction of sp³-hybridized carbons (Fsp3) is 0.625. The third-order valence-corrected chi connectivity index (χ3v) is 7.26. The molecule has 4 nitrogen and oxygen atoms in total. The van der Waals surface area contributed by atoms with Gasteiger partial charge in [-0.3, -0.25) is 0 Å². The van der Waals surface area contributed by atoms with E-state index in [4.69, 9.17) is 5.73 Å². The van der Waals surface area contributed by atoms with Crippen molar-refractivity contribution in [1.82, 2.24) is 4.31 Å². The number of hydrogen-bond acceptors (Lipinski definition) is 3. The fourth-order valence-electron chi connectivity index (χ4n) is 3.89. The van der Waals surface area contributed by atoms with Crippen LogP contribution in [0.15, 0.2) is 29.2 Å². The van der Waals surface area contributed by atoms with Crippen LogP contribution in [0, 0.1) is 5.41 Å². The SMILES string of the molecule is NCc1ccccc1S(=O)(=O)N1CCC2(CCCC2)CC1. The first-order chi connectivity index (χ1) is 10.1. The Morgan fingerprint density at radius 1 is 1.05 bits per heavy atom. The maximum absolute atomic E-state index is 12.8. The summed E-state index contributed by atoms with van der Waals surface area (Å²) in [4.78, 5) is 0.384. The Labute approximate surface area is 127 Å². The van der Waals surface area contributed by atoms with Crippen LogP contribution in [0.5, 0.6) is 0 Å². The molecule has 1 heterocycles. The highest BCUT2D eigenvalue weighted by molar-refractivity contribution is 7.89. The van der Waals surface area contributed by atoms with Crippen molar-refractivity contribution in [2.24, 2.45) is 11.1 Å². The second kappa shape index (κ2) is 5.71. The summed E-state index contributed by atoms with van der Waals surface area (Å²) in [6.45, 7) is 1.57. The van der Waals surface area contributed by atoms with E-state index >= 15 is 0 Å². The summed E-state index contributed by atoms with van der Waals surface area (Å²) in [7, 11) is -3.40. The predicted octanol–water partition coefficient (Wildman–Crippen LogP) is 2.49. The van der Waals surface area contributed by atoms with Gasteiger partial charge in [0.15, 0.2) is 0 Å². The first kappa shape index (κ1) is 15.0. The Morgan fingerprint density at radius 2 is 1.67 bits per heavy atom. The second-order valence-electron chi connectivity index (χ2n) is 6.42. The third-order valence-electron chi connectivity index (χ3n) is 5.26. The fourth-order valence-corrected chi connectivity index (χ4v) is 5.56. The van der Waals surface area contributed by atoms with Crippen LogP contribution in [0.1, 0.15) is 44.1 Å². The highest BCUT2D eigenvalue weighted by Gasteiger charge is 2.40. The maximum atomic E-state index is 12.8. The van der Waals surface area contributed by atoms with Crippen molar-refractivity contribution in [2.45, 2.75) is 50.0 Å². The average Bonchev–Trinajstić information content (AvgIpc) is 2.96. The topological polar surface area (TPSA) is 63.4 Å². The molecule has 0 aromatic heterocycles. The van der Waals surface area contributed by atoms with Crippen LogP contribution in [0.2, 0.25) is 0 Å². The quantitative estimate of drug-likeness (QED) is 0.933. The number of sulfonamides is 1. The second-order valence-corrected chi connectivity index (χ2v) is 8.33. The standard InChI is InChI=1S/C16H24N2O2S/c17-13-14-5-1-2-6-15(14)21(19,20)18-11-9-16(10-12-18)7-3-4-8-16/h1-2,5-6H,3-4,7-13,17H2. The van der Waals surface area contributed by atoms with Crippen LogP contribution in [-0.2, 0) is 16.6 Å². The molecular weight excluding hydrogens is 284 g/mol. The van der Waals surface area contributed by atoms with Crippen molar-refractivity contribution in [3.8, 4) is 0 Å². The van der Waals surface area contributed by atoms with Crippen LogP contribution in [0.3, 0.4) is 0 Å². The zero-order valence-electron chi connectivity index (χ0n) is 12.4. The summed E-state index contributed by atoms with van der Waals surface area (Å²) < 4.78 is 27.3. The Kier molecular flexibility index (Phi) is 4.08. The number of rotatable bonds is 3. The van der Waals surface area contributed by atoms with Gasteiger partial charge in [0.05, 0.1) is 4.90 Å². The van der Waals surface area contributed by atoms with Crippen molar-refractivity contribution >= 4 is 10.0 Å². The van der Waals surface area contributed by atoms with E-state index in [1.165, 1.54) is 25.7 Å². The highest BCUT2D eigenvalue weighted by atomic mass is 32.2. The van der Waals surface area contributed by atoms with Gasteiger partial charge in [-0.25, -0.2) is 8.42 Å². The minimum Gasteiger partial charge on any atom is -0.326 e. The molecule has 1 spiro atoms. The van der Waals surface area contributed by atoms with Gasteiger partial charge in [-0.2, -0.15) is 4.31 Å². The first-order valence-corrected chi connectivity index (χ1v) is 9.30. The molecule has 0 bridgehead atoms. The lowest BCUT2D eigenvalue weighted by atomic mass is 9.78. The lowest BCUT2D eigenvalue weighted by Crippen LogP contribution is -2.42. The third kappa shape index (κ3) is 2.74. The lowest BCUT2D eigenvalue weighted by Gasteiger charge is -2.38. The first-order valence-electron chi connectivity index (χ1n) is 7.86. The molecule has 116 valence electrons. The van der Waals surface area contributed by atoms with Crippen molar-refractivity contribution in [3.63, 3.8) is 0 Å². The Morgan fingerprint density at radius 3 is 2.29 bits per heavy atom. The number of hydrogen-bond donors (Lipinski definition) is 1. The monoisotopic (exact) mass is 308 g/mol. The molecule has 1 saturated carbocycles. The smallest absolute Gasteiger partial charge is 0.243 e. The van der Waals surface area contributed by atoms with Gasteiger partial charge in [-0.1, -0.05) is 31.0 Å². The van der Waals surface area contributed by atoms with Gasteiger partial charge >= 0.3 is 0 Å². The molecular formula is C16H24N2O2S. The van der Waals surface area contributed by atoms with Crippen molar-refractivity contribution in [3.05, 3.63) is 29.8 Å². The summed E-state index contributed by atoms with van der Waals surface area (Å²) >= 11 is 0. The Bertz CT molecular complexity index is 596. The molecule has 21 heavy (non-hydrogen) atoms. The van der Waals surface area contributed by atoms with Gasteiger partial charge in [-0.15, -0.1) is 0 Å². The number of nitrogens with zero attached hydrogens (tertiary/aromatic N) is 1. The molecule has 0 radical (unpaired) electrons. The van der Waals surface area contributed by atoms with E-state index in [-0.39, 0.29) is 6.54 Å². The van der Waals surface area contributed by atoms with E-state index in [1.54, 1.807) is 22.5 Å². The minimum atomic E-state index is -3.40. The molecule has 1 aliphatic heterocycles.